The SMILES string of the molecule is O=C(COc1ccc(Cl)c(F)c1)NC12CC(NC(=O)COC3CC(OC(F)F)C3)(C1)C2. The first-order chi connectivity index (χ1) is 14.7. The summed E-state index contributed by atoms with van der Waals surface area (Å²) >= 11 is 5.60. The minimum absolute atomic E-state index is 0.0268. The smallest absolute Gasteiger partial charge is 0.345 e. The third-order valence-corrected chi connectivity index (χ3v) is 6.20. The van der Waals surface area contributed by atoms with E-state index in [4.69, 9.17) is 21.1 Å². The zero-order valence-electron chi connectivity index (χ0n) is 16.5. The lowest BCUT2D eigenvalue weighted by Crippen LogP contribution is -2.84. The van der Waals surface area contributed by atoms with Gasteiger partial charge >= 0.3 is 6.61 Å². The maximum Gasteiger partial charge on any atom is 0.345 e. The normalized spacial score (nSPS) is 30.6. The summed E-state index contributed by atoms with van der Waals surface area (Å²) in [5, 5.41) is 5.79. The van der Waals surface area contributed by atoms with Crippen molar-refractivity contribution in [3.8, 4) is 5.75 Å². The van der Waals surface area contributed by atoms with E-state index in [0.717, 1.165) is 6.07 Å². The van der Waals surface area contributed by atoms with Gasteiger partial charge in [-0.25, -0.2) is 4.39 Å². The third kappa shape index (κ3) is 5.07. The lowest BCUT2D eigenvalue weighted by atomic mass is 9.44. The van der Waals surface area contributed by atoms with Gasteiger partial charge in [0.05, 0.1) is 17.2 Å². The van der Waals surface area contributed by atoms with Crippen molar-refractivity contribution in [3.05, 3.63) is 29.0 Å². The van der Waals surface area contributed by atoms with Crippen molar-refractivity contribution < 1.29 is 37.0 Å². The van der Waals surface area contributed by atoms with Gasteiger partial charge in [-0.2, -0.15) is 8.78 Å². The molecule has 7 nitrogen and oxygen atoms in total. The molecule has 0 aromatic heterocycles. The molecule has 0 heterocycles. The summed E-state index contributed by atoms with van der Waals surface area (Å²) in [6, 6.07) is 3.93. The summed E-state index contributed by atoms with van der Waals surface area (Å²) in [5.41, 5.74) is -0.692. The summed E-state index contributed by atoms with van der Waals surface area (Å²) in [6.45, 7) is -3.19. The first-order valence-electron chi connectivity index (χ1n) is 9.91. The highest BCUT2D eigenvalue weighted by Gasteiger charge is 2.69. The van der Waals surface area contributed by atoms with E-state index in [9.17, 15) is 22.8 Å². The van der Waals surface area contributed by atoms with E-state index in [-0.39, 0.29) is 53.0 Å². The van der Waals surface area contributed by atoms with Gasteiger partial charge in [-0.3, -0.25) is 9.59 Å². The Morgan fingerprint density at radius 2 is 1.68 bits per heavy atom. The fourth-order valence-corrected chi connectivity index (χ4v) is 4.65. The molecule has 2 amide bonds. The molecule has 0 saturated heterocycles. The van der Waals surface area contributed by atoms with Gasteiger partial charge in [-0.1, -0.05) is 11.6 Å². The van der Waals surface area contributed by atoms with Crippen LogP contribution in [-0.2, 0) is 19.1 Å². The van der Waals surface area contributed by atoms with E-state index in [0.29, 0.717) is 32.1 Å². The van der Waals surface area contributed by atoms with Gasteiger partial charge in [0.2, 0.25) is 5.91 Å². The summed E-state index contributed by atoms with van der Waals surface area (Å²) in [5.74, 6) is -1.02. The van der Waals surface area contributed by atoms with Crippen molar-refractivity contribution in [2.45, 2.75) is 62.0 Å². The van der Waals surface area contributed by atoms with Gasteiger partial charge in [0.15, 0.2) is 6.61 Å². The standard InChI is InChI=1S/C20H22ClF3N2O5/c21-14-2-1-11(5-15(14)22)29-6-16(27)25-19-8-20(9-19,10-19)26-17(28)7-30-12-3-13(4-12)31-18(23)24/h1-2,5,12-13,18H,3-4,6-10H2,(H,25,27)(H,26,28). The highest BCUT2D eigenvalue weighted by atomic mass is 35.5. The molecule has 0 unspecified atom stereocenters. The second-order valence-electron chi connectivity index (χ2n) is 8.48. The number of hydrogen-bond donors (Lipinski definition) is 2. The van der Waals surface area contributed by atoms with Crippen molar-refractivity contribution in [1.29, 1.82) is 0 Å². The van der Waals surface area contributed by atoms with Crippen LogP contribution in [-0.4, -0.2) is 54.9 Å². The lowest BCUT2D eigenvalue weighted by molar-refractivity contribution is -0.207. The topological polar surface area (TPSA) is 85.9 Å². The number of rotatable bonds is 10. The van der Waals surface area contributed by atoms with Crippen molar-refractivity contribution >= 4 is 23.4 Å². The van der Waals surface area contributed by atoms with Gasteiger partial charge < -0.3 is 24.8 Å². The van der Waals surface area contributed by atoms with Crippen LogP contribution in [0.5, 0.6) is 5.75 Å². The zero-order valence-corrected chi connectivity index (χ0v) is 17.2. The number of alkyl halides is 2. The van der Waals surface area contributed by atoms with Gasteiger partial charge in [0, 0.05) is 30.0 Å². The molecule has 2 N–H and O–H groups in total. The largest absolute Gasteiger partial charge is 0.484 e. The van der Waals surface area contributed by atoms with E-state index >= 15 is 0 Å². The second kappa shape index (κ2) is 8.48. The highest BCUT2D eigenvalue weighted by molar-refractivity contribution is 6.30. The minimum Gasteiger partial charge on any atom is -0.484 e. The van der Waals surface area contributed by atoms with Gasteiger partial charge in [0.1, 0.15) is 18.2 Å². The first kappa shape index (κ1) is 22.2. The molecule has 1 aromatic rings. The summed E-state index contributed by atoms with van der Waals surface area (Å²) in [7, 11) is 0. The van der Waals surface area contributed by atoms with Crippen molar-refractivity contribution in [3.63, 3.8) is 0 Å². The molecule has 5 rings (SSSR count). The van der Waals surface area contributed by atoms with Crippen molar-refractivity contribution in [2.24, 2.45) is 0 Å². The number of carbonyl (C=O) groups is 2. The Kier molecular flexibility index (Phi) is 6.06. The maximum absolute atomic E-state index is 13.4. The average Bonchev–Trinajstić information content (AvgIpc) is 2.61. The van der Waals surface area contributed by atoms with Gasteiger partial charge in [-0.15, -0.1) is 0 Å². The Morgan fingerprint density at radius 3 is 2.26 bits per heavy atom. The molecule has 4 aliphatic carbocycles. The maximum atomic E-state index is 13.4. The zero-order chi connectivity index (χ0) is 22.2. The van der Waals surface area contributed by atoms with Gasteiger partial charge in [0.25, 0.3) is 5.91 Å². The van der Waals surface area contributed by atoms with Crippen molar-refractivity contribution in [2.75, 3.05) is 13.2 Å². The Hall–Kier alpha value is -2.04. The number of ether oxygens (including phenoxy) is 3. The molecule has 31 heavy (non-hydrogen) atoms. The molecule has 0 atom stereocenters. The molecular formula is C20H22ClF3N2O5. The molecule has 4 fully saturated rings. The summed E-state index contributed by atoms with van der Waals surface area (Å²) in [6.07, 6.45) is 1.77. The van der Waals surface area contributed by atoms with E-state index < -0.39 is 18.5 Å². The number of hydrogen-bond acceptors (Lipinski definition) is 5. The van der Waals surface area contributed by atoms with E-state index in [2.05, 4.69) is 15.4 Å². The molecule has 0 spiro atoms. The number of nitrogens with one attached hydrogen (secondary N) is 2. The van der Waals surface area contributed by atoms with Crippen LogP contribution >= 0.6 is 11.6 Å². The fraction of sp³-hybridized carbons (Fsp3) is 0.600. The second-order valence-corrected chi connectivity index (χ2v) is 8.88. The monoisotopic (exact) mass is 462 g/mol. The minimum atomic E-state index is -2.79. The molecular weight excluding hydrogens is 441 g/mol. The van der Waals surface area contributed by atoms with Crippen LogP contribution in [0.3, 0.4) is 0 Å². The van der Waals surface area contributed by atoms with Crippen LogP contribution in [0, 0.1) is 5.82 Å². The molecule has 2 bridgehead atoms. The lowest BCUT2D eigenvalue weighted by Gasteiger charge is -2.70. The predicted octanol–water partition coefficient (Wildman–Crippen LogP) is 2.55. The quantitative estimate of drug-likeness (QED) is 0.558. The number of amides is 2. The van der Waals surface area contributed by atoms with Crippen molar-refractivity contribution in [1.82, 2.24) is 10.6 Å². The number of benzene rings is 1. The Labute approximate surface area is 181 Å². The Morgan fingerprint density at radius 1 is 1.06 bits per heavy atom. The Bertz CT molecular complexity index is 845. The third-order valence-electron chi connectivity index (χ3n) is 5.90. The molecule has 4 aliphatic rings. The molecule has 1 aromatic carbocycles. The highest BCUT2D eigenvalue weighted by Crippen LogP contribution is 2.60. The van der Waals surface area contributed by atoms with E-state index in [1.54, 1.807) is 0 Å². The fourth-order valence-electron chi connectivity index (χ4n) is 4.54. The Balaban J connectivity index is 1.10. The predicted molar refractivity (Wildman–Crippen MR) is 102 cm³/mol. The average molecular weight is 463 g/mol. The number of carbonyl (C=O) groups excluding carboxylic acids is 2. The van der Waals surface area contributed by atoms with Crippen LogP contribution in [0.2, 0.25) is 5.02 Å². The van der Waals surface area contributed by atoms with Crippen LogP contribution in [0.1, 0.15) is 32.1 Å². The van der Waals surface area contributed by atoms with E-state index in [1.807, 2.05) is 0 Å². The van der Waals surface area contributed by atoms with Crippen LogP contribution in [0.25, 0.3) is 0 Å². The van der Waals surface area contributed by atoms with Crippen LogP contribution in [0.4, 0.5) is 13.2 Å². The van der Waals surface area contributed by atoms with Crippen LogP contribution in [0.15, 0.2) is 18.2 Å². The molecule has 11 heteroatoms. The van der Waals surface area contributed by atoms with Gasteiger partial charge in [-0.05, 0) is 31.4 Å². The molecule has 170 valence electrons. The first-order valence-corrected chi connectivity index (χ1v) is 10.3. The number of halogens is 4. The van der Waals surface area contributed by atoms with E-state index in [1.165, 1.54) is 12.1 Å². The van der Waals surface area contributed by atoms with Crippen LogP contribution < -0.4 is 15.4 Å². The molecule has 0 radical (unpaired) electrons. The molecule has 0 aliphatic heterocycles. The summed E-state index contributed by atoms with van der Waals surface area (Å²) in [4.78, 5) is 24.2. The molecule has 4 saturated carbocycles. The summed E-state index contributed by atoms with van der Waals surface area (Å²) < 4.78 is 52.5.